The average molecular weight is 379 g/mol. The van der Waals surface area contributed by atoms with E-state index in [1.807, 2.05) is 74.5 Å². The molecule has 1 N–H and O–H groups in total. The van der Waals surface area contributed by atoms with E-state index >= 15 is 0 Å². The van der Waals surface area contributed by atoms with Crippen LogP contribution in [0, 0.1) is 13.8 Å². The van der Waals surface area contributed by atoms with Crippen molar-refractivity contribution in [1.82, 2.24) is 0 Å². The molecule has 3 rings (SSSR count). The third kappa shape index (κ3) is 5.34. The number of anilines is 1. The third-order valence-corrected chi connectivity index (χ3v) is 5.22. The van der Waals surface area contributed by atoms with Crippen LogP contribution in [-0.4, -0.2) is 24.2 Å². The summed E-state index contributed by atoms with van der Waals surface area (Å²) in [5.41, 5.74) is 2.94. The number of rotatable bonds is 6. The van der Waals surface area contributed by atoms with Gasteiger partial charge in [-0.05, 0) is 48.4 Å². The second-order valence-electron chi connectivity index (χ2n) is 6.33. The lowest BCUT2D eigenvalue weighted by Gasteiger charge is -2.09. The molecule has 0 bridgehead atoms. The molecule has 5 heteroatoms. The van der Waals surface area contributed by atoms with Crippen LogP contribution in [0.25, 0.3) is 10.8 Å². The van der Waals surface area contributed by atoms with Crippen molar-refractivity contribution in [3.63, 3.8) is 0 Å². The predicted octanol–water partition coefficient (Wildman–Crippen LogP) is 4.73. The molecular formula is C22H21NO3S. The molecule has 0 aliphatic heterocycles. The van der Waals surface area contributed by atoms with Gasteiger partial charge in [0, 0.05) is 10.6 Å². The largest absolute Gasteiger partial charge is 0.455 e. The highest BCUT2D eigenvalue weighted by Gasteiger charge is 2.10. The van der Waals surface area contributed by atoms with Gasteiger partial charge in [0.2, 0.25) is 0 Å². The summed E-state index contributed by atoms with van der Waals surface area (Å²) in [4.78, 5) is 25.0. The topological polar surface area (TPSA) is 55.4 Å². The molecule has 0 saturated heterocycles. The lowest BCUT2D eigenvalue weighted by Crippen LogP contribution is -2.21. The van der Waals surface area contributed by atoms with E-state index in [-0.39, 0.29) is 18.3 Å². The van der Waals surface area contributed by atoms with Gasteiger partial charge in [-0.3, -0.25) is 9.59 Å². The van der Waals surface area contributed by atoms with Gasteiger partial charge in [-0.2, -0.15) is 0 Å². The highest BCUT2D eigenvalue weighted by molar-refractivity contribution is 8.00. The molecule has 27 heavy (non-hydrogen) atoms. The van der Waals surface area contributed by atoms with E-state index in [1.165, 1.54) is 11.8 Å². The van der Waals surface area contributed by atoms with Gasteiger partial charge in [0.25, 0.3) is 5.91 Å². The first-order valence-corrected chi connectivity index (χ1v) is 9.64. The number of amides is 1. The molecule has 138 valence electrons. The number of esters is 1. The standard InChI is InChI=1S/C22H21NO3S/c1-15-7-8-16(2)20(11-15)27-14-22(25)26-13-21(24)23-19-10-9-17-5-3-4-6-18(17)12-19/h3-12H,13-14H2,1-2H3,(H,23,24). The molecule has 0 unspecified atom stereocenters. The quantitative estimate of drug-likeness (QED) is 0.497. The van der Waals surface area contributed by atoms with Crippen molar-refractivity contribution < 1.29 is 14.3 Å². The fourth-order valence-electron chi connectivity index (χ4n) is 2.65. The van der Waals surface area contributed by atoms with Gasteiger partial charge in [-0.1, -0.05) is 48.0 Å². The number of hydrogen-bond acceptors (Lipinski definition) is 4. The number of ether oxygens (including phenoxy) is 1. The van der Waals surface area contributed by atoms with Crippen LogP contribution in [-0.2, 0) is 14.3 Å². The number of carbonyl (C=O) groups excluding carboxylic acids is 2. The second-order valence-corrected chi connectivity index (χ2v) is 7.35. The molecule has 3 aromatic rings. The van der Waals surface area contributed by atoms with Crippen molar-refractivity contribution in [3.8, 4) is 0 Å². The van der Waals surface area contributed by atoms with E-state index < -0.39 is 5.97 Å². The summed E-state index contributed by atoms with van der Waals surface area (Å²) in [6.07, 6.45) is 0. The van der Waals surface area contributed by atoms with Crippen LogP contribution in [0.5, 0.6) is 0 Å². The van der Waals surface area contributed by atoms with Gasteiger partial charge in [0.15, 0.2) is 6.61 Å². The van der Waals surface area contributed by atoms with Gasteiger partial charge in [0.1, 0.15) is 0 Å². The fourth-order valence-corrected chi connectivity index (χ4v) is 3.57. The average Bonchev–Trinajstić information content (AvgIpc) is 2.67. The summed E-state index contributed by atoms with van der Waals surface area (Å²) in [5, 5.41) is 4.90. The molecule has 0 fully saturated rings. The molecule has 0 saturated carbocycles. The zero-order valence-electron chi connectivity index (χ0n) is 15.3. The summed E-state index contributed by atoms with van der Waals surface area (Å²) in [7, 11) is 0. The van der Waals surface area contributed by atoms with Gasteiger partial charge in [-0.15, -0.1) is 11.8 Å². The van der Waals surface area contributed by atoms with Crippen LogP contribution >= 0.6 is 11.8 Å². The Labute approximate surface area is 162 Å². The minimum atomic E-state index is -0.408. The maximum atomic E-state index is 12.0. The predicted molar refractivity (Wildman–Crippen MR) is 110 cm³/mol. The van der Waals surface area contributed by atoms with Crippen LogP contribution in [0.15, 0.2) is 65.6 Å². The Morgan fingerprint density at radius 1 is 0.963 bits per heavy atom. The summed E-state index contributed by atoms with van der Waals surface area (Å²) < 4.78 is 5.08. The number of benzene rings is 3. The number of nitrogens with one attached hydrogen (secondary N) is 1. The van der Waals surface area contributed by atoms with Crippen molar-refractivity contribution in [2.75, 3.05) is 17.7 Å². The van der Waals surface area contributed by atoms with Crippen molar-refractivity contribution >= 4 is 40.1 Å². The monoisotopic (exact) mass is 379 g/mol. The zero-order chi connectivity index (χ0) is 19.2. The zero-order valence-corrected chi connectivity index (χ0v) is 16.1. The third-order valence-electron chi connectivity index (χ3n) is 4.09. The van der Waals surface area contributed by atoms with E-state index in [1.54, 1.807) is 0 Å². The van der Waals surface area contributed by atoms with Gasteiger partial charge >= 0.3 is 5.97 Å². The van der Waals surface area contributed by atoms with E-state index in [4.69, 9.17) is 4.74 Å². The smallest absolute Gasteiger partial charge is 0.316 e. The van der Waals surface area contributed by atoms with Crippen LogP contribution in [0.2, 0.25) is 0 Å². The molecular weight excluding hydrogens is 358 g/mol. The van der Waals surface area contributed by atoms with Crippen molar-refractivity contribution in [2.45, 2.75) is 18.7 Å². The minimum absolute atomic E-state index is 0.174. The van der Waals surface area contributed by atoms with Gasteiger partial charge in [0.05, 0.1) is 5.75 Å². The molecule has 0 atom stereocenters. The second kappa shape index (κ2) is 8.73. The first-order chi connectivity index (χ1) is 13.0. The lowest BCUT2D eigenvalue weighted by molar-refractivity contribution is -0.144. The number of hydrogen-bond donors (Lipinski definition) is 1. The normalized spacial score (nSPS) is 10.6. The molecule has 4 nitrogen and oxygen atoms in total. The van der Waals surface area contributed by atoms with Crippen molar-refractivity contribution in [3.05, 3.63) is 71.8 Å². The van der Waals surface area contributed by atoms with Gasteiger partial charge < -0.3 is 10.1 Å². The molecule has 0 aliphatic carbocycles. The van der Waals surface area contributed by atoms with Crippen LogP contribution in [0.4, 0.5) is 5.69 Å². The molecule has 0 radical (unpaired) electrons. The summed E-state index contributed by atoms with van der Waals surface area (Å²) in [6.45, 7) is 3.72. The summed E-state index contributed by atoms with van der Waals surface area (Å²) in [5.74, 6) is -0.585. The van der Waals surface area contributed by atoms with Crippen LogP contribution in [0.3, 0.4) is 0 Å². The Morgan fingerprint density at radius 3 is 2.56 bits per heavy atom. The van der Waals surface area contributed by atoms with E-state index in [0.717, 1.165) is 26.8 Å². The Hall–Kier alpha value is -2.79. The molecule has 3 aromatic carbocycles. The van der Waals surface area contributed by atoms with Crippen molar-refractivity contribution in [2.24, 2.45) is 0 Å². The SMILES string of the molecule is Cc1ccc(C)c(SCC(=O)OCC(=O)Nc2ccc3ccccc3c2)c1. The van der Waals surface area contributed by atoms with Crippen LogP contribution < -0.4 is 5.32 Å². The molecule has 0 aliphatic rings. The molecule has 0 aromatic heterocycles. The van der Waals surface area contributed by atoms with E-state index in [2.05, 4.69) is 5.32 Å². The first-order valence-electron chi connectivity index (χ1n) is 8.65. The van der Waals surface area contributed by atoms with Crippen LogP contribution in [0.1, 0.15) is 11.1 Å². The van der Waals surface area contributed by atoms with E-state index in [9.17, 15) is 9.59 Å². The molecule has 0 heterocycles. The molecule has 1 amide bonds. The Bertz CT molecular complexity index is 984. The summed E-state index contributed by atoms with van der Waals surface area (Å²) >= 11 is 1.42. The Balaban J connectivity index is 1.47. The highest BCUT2D eigenvalue weighted by Crippen LogP contribution is 2.23. The fraction of sp³-hybridized carbons (Fsp3) is 0.182. The van der Waals surface area contributed by atoms with Crippen molar-refractivity contribution in [1.29, 1.82) is 0 Å². The van der Waals surface area contributed by atoms with E-state index in [0.29, 0.717) is 5.69 Å². The number of thioether (sulfide) groups is 1. The number of aryl methyl sites for hydroxylation is 2. The first kappa shape index (κ1) is 19.0. The lowest BCUT2D eigenvalue weighted by atomic mass is 10.1. The maximum Gasteiger partial charge on any atom is 0.316 e. The van der Waals surface area contributed by atoms with Gasteiger partial charge in [-0.25, -0.2) is 0 Å². The minimum Gasteiger partial charge on any atom is -0.455 e. The molecule has 0 spiro atoms. The Morgan fingerprint density at radius 2 is 1.74 bits per heavy atom. The Kier molecular flexibility index (Phi) is 6.14. The number of fused-ring (bicyclic) bond motifs is 1. The highest BCUT2D eigenvalue weighted by atomic mass is 32.2. The number of carbonyl (C=O) groups is 2. The summed E-state index contributed by atoms with van der Waals surface area (Å²) in [6, 6.07) is 19.7. The maximum absolute atomic E-state index is 12.0.